The first kappa shape index (κ1) is 19.5. The molecule has 6 heteroatoms. The Kier molecular flexibility index (Phi) is 5.96. The summed E-state index contributed by atoms with van der Waals surface area (Å²) >= 11 is 6.08. The number of carbonyl (C=O) groups is 2. The molecule has 0 atom stereocenters. The summed E-state index contributed by atoms with van der Waals surface area (Å²) in [5, 5.41) is 6.22. The molecule has 2 amide bonds. The van der Waals surface area contributed by atoms with E-state index in [-0.39, 0.29) is 11.8 Å². The van der Waals surface area contributed by atoms with Crippen molar-refractivity contribution in [3.63, 3.8) is 0 Å². The third-order valence-electron chi connectivity index (χ3n) is 4.27. The van der Waals surface area contributed by atoms with Crippen molar-refractivity contribution in [3.8, 4) is 5.75 Å². The Morgan fingerprint density at radius 3 is 1.96 bits per heavy atom. The molecule has 0 spiro atoms. The number of nitrogens with one attached hydrogen (secondary N) is 2. The highest BCUT2D eigenvalue weighted by molar-refractivity contribution is 6.31. The summed E-state index contributed by atoms with van der Waals surface area (Å²) in [7, 11) is 1.58. The molecule has 5 nitrogen and oxygen atoms in total. The largest absolute Gasteiger partial charge is 0.497 e. The summed E-state index contributed by atoms with van der Waals surface area (Å²) in [6, 6.07) is 18.8. The quantitative estimate of drug-likeness (QED) is 0.628. The van der Waals surface area contributed by atoms with Crippen molar-refractivity contribution in [2.45, 2.75) is 6.92 Å². The maximum absolute atomic E-state index is 12.4. The van der Waals surface area contributed by atoms with Crippen LogP contribution in [0.2, 0.25) is 5.02 Å². The fourth-order valence-corrected chi connectivity index (χ4v) is 2.76. The van der Waals surface area contributed by atoms with E-state index in [9.17, 15) is 9.59 Å². The third-order valence-corrected chi connectivity index (χ3v) is 4.68. The molecule has 0 saturated heterocycles. The van der Waals surface area contributed by atoms with E-state index in [0.29, 0.717) is 33.3 Å². The molecule has 0 aliphatic rings. The molecule has 3 aromatic rings. The summed E-state index contributed by atoms with van der Waals surface area (Å²) in [4.78, 5) is 24.8. The first-order valence-corrected chi connectivity index (χ1v) is 8.97. The highest BCUT2D eigenvalue weighted by Crippen LogP contribution is 2.23. The summed E-state index contributed by atoms with van der Waals surface area (Å²) in [6.07, 6.45) is 0. The predicted octanol–water partition coefficient (Wildman–Crippen LogP) is 5.16. The normalized spacial score (nSPS) is 10.2. The Bertz CT molecular complexity index is 999. The molecule has 3 rings (SSSR count). The molecule has 2 N–H and O–H groups in total. The topological polar surface area (TPSA) is 67.4 Å². The lowest BCUT2D eigenvalue weighted by atomic mass is 10.1. The maximum atomic E-state index is 12.4. The zero-order chi connectivity index (χ0) is 20.1. The van der Waals surface area contributed by atoms with E-state index in [1.165, 1.54) is 0 Å². The van der Waals surface area contributed by atoms with E-state index in [4.69, 9.17) is 16.3 Å². The van der Waals surface area contributed by atoms with Crippen LogP contribution in [0.5, 0.6) is 5.75 Å². The van der Waals surface area contributed by atoms with E-state index in [1.807, 2.05) is 6.92 Å². The van der Waals surface area contributed by atoms with E-state index in [0.717, 1.165) is 5.56 Å². The molecule has 0 unspecified atom stereocenters. The van der Waals surface area contributed by atoms with Gasteiger partial charge in [-0.3, -0.25) is 9.59 Å². The standard InChI is InChI=1S/C22H19ClN2O3/c1-14-19(23)4-3-5-20(14)25-22(27)16-8-6-15(7-9-16)21(26)24-17-10-12-18(28-2)13-11-17/h3-13H,1-2H3,(H,24,26)(H,25,27). The van der Waals surface area contributed by atoms with E-state index >= 15 is 0 Å². The minimum atomic E-state index is -0.271. The van der Waals surface area contributed by atoms with Gasteiger partial charge in [-0.1, -0.05) is 17.7 Å². The van der Waals surface area contributed by atoms with E-state index < -0.39 is 0 Å². The van der Waals surface area contributed by atoms with Crippen LogP contribution in [0.4, 0.5) is 11.4 Å². The number of methoxy groups -OCH3 is 1. The fraction of sp³-hybridized carbons (Fsp3) is 0.0909. The molecule has 0 heterocycles. The van der Waals surface area contributed by atoms with Gasteiger partial charge in [-0.05, 0) is 73.2 Å². The van der Waals surface area contributed by atoms with Gasteiger partial charge in [-0.25, -0.2) is 0 Å². The lowest BCUT2D eigenvalue weighted by molar-refractivity contribution is 0.101. The van der Waals surface area contributed by atoms with E-state index in [1.54, 1.807) is 73.8 Å². The number of hydrogen-bond acceptors (Lipinski definition) is 3. The number of benzene rings is 3. The number of halogens is 1. The number of hydrogen-bond donors (Lipinski definition) is 2. The molecular weight excluding hydrogens is 376 g/mol. The molecule has 0 radical (unpaired) electrons. The van der Waals surface area contributed by atoms with Crippen molar-refractivity contribution in [3.05, 3.63) is 88.4 Å². The number of carbonyl (C=O) groups excluding carboxylic acids is 2. The highest BCUT2D eigenvalue weighted by atomic mass is 35.5. The average Bonchev–Trinajstić information content (AvgIpc) is 2.72. The van der Waals surface area contributed by atoms with Gasteiger partial charge >= 0.3 is 0 Å². The van der Waals surface area contributed by atoms with Crippen molar-refractivity contribution in [1.29, 1.82) is 0 Å². The monoisotopic (exact) mass is 394 g/mol. The van der Waals surface area contributed by atoms with Crippen molar-refractivity contribution < 1.29 is 14.3 Å². The van der Waals surface area contributed by atoms with Crippen LogP contribution in [-0.4, -0.2) is 18.9 Å². The van der Waals surface area contributed by atoms with Gasteiger partial charge in [0.1, 0.15) is 5.75 Å². The number of amides is 2. The lowest BCUT2D eigenvalue weighted by Crippen LogP contribution is -2.14. The van der Waals surface area contributed by atoms with Crippen molar-refractivity contribution in [2.24, 2.45) is 0 Å². The second kappa shape index (κ2) is 8.59. The molecular formula is C22H19ClN2O3. The van der Waals surface area contributed by atoms with Crippen LogP contribution in [0.3, 0.4) is 0 Å². The Balaban J connectivity index is 1.67. The van der Waals surface area contributed by atoms with Gasteiger partial charge in [0.05, 0.1) is 7.11 Å². The molecule has 0 fully saturated rings. The molecule has 142 valence electrons. The smallest absolute Gasteiger partial charge is 0.255 e. The van der Waals surface area contributed by atoms with Crippen molar-refractivity contribution >= 4 is 34.8 Å². The molecule has 0 bridgehead atoms. The molecule has 0 aliphatic carbocycles. The van der Waals surface area contributed by atoms with Crippen molar-refractivity contribution in [2.75, 3.05) is 17.7 Å². The number of ether oxygens (including phenoxy) is 1. The second-order valence-electron chi connectivity index (χ2n) is 6.13. The maximum Gasteiger partial charge on any atom is 0.255 e. The summed E-state index contributed by atoms with van der Waals surface area (Å²) in [5.74, 6) is 0.179. The van der Waals surface area contributed by atoms with Crippen LogP contribution in [0.15, 0.2) is 66.7 Å². The Morgan fingerprint density at radius 2 is 1.39 bits per heavy atom. The minimum absolute atomic E-state index is 0.261. The second-order valence-corrected chi connectivity index (χ2v) is 6.53. The van der Waals surface area contributed by atoms with Crippen LogP contribution in [0, 0.1) is 6.92 Å². The summed E-state index contributed by atoms with van der Waals surface area (Å²) < 4.78 is 5.09. The zero-order valence-electron chi connectivity index (χ0n) is 15.5. The van der Waals surface area contributed by atoms with Gasteiger partial charge in [-0.15, -0.1) is 0 Å². The lowest BCUT2D eigenvalue weighted by Gasteiger charge is -2.10. The predicted molar refractivity (Wildman–Crippen MR) is 112 cm³/mol. The van der Waals surface area contributed by atoms with Crippen LogP contribution in [0.25, 0.3) is 0 Å². The molecule has 28 heavy (non-hydrogen) atoms. The Morgan fingerprint density at radius 1 is 0.821 bits per heavy atom. The summed E-state index contributed by atoms with van der Waals surface area (Å²) in [6.45, 7) is 1.84. The molecule has 0 aliphatic heterocycles. The molecule has 3 aromatic carbocycles. The number of anilines is 2. The molecule has 0 aromatic heterocycles. The van der Waals surface area contributed by atoms with Crippen LogP contribution in [-0.2, 0) is 0 Å². The Labute approximate surface area is 168 Å². The van der Waals surface area contributed by atoms with Gasteiger partial charge in [0.2, 0.25) is 0 Å². The van der Waals surface area contributed by atoms with Gasteiger partial charge in [0, 0.05) is 27.5 Å². The van der Waals surface area contributed by atoms with E-state index in [2.05, 4.69) is 10.6 Å². The van der Waals surface area contributed by atoms with Gasteiger partial charge in [0.15, 0.2) is 0 Å². The zero-order valence-corrected chi connectivity index (χ0v) is 16.2. The van der Waals surface area contributed by atoms with Crippen LogP contribution < -0.4 is 15.4 Å². The van der Waals surface area contributed by atoms with Crippen LogP contribution in [0.1, 0.15) is 26.3 Å². The van der Waals surface area contributed by atoms with Gasteiger partial charge < -0.3 is 15.4 Å². The van der Waals surface area contributed by atoms with Crippen molar-refractivity contribution in [1.82, 2.24) is 0 Å². The first-order valence-electron chi connectivity index (χ1n) is 8.60. The minimum Gasteiger partial charge on any atom is -0.497 e. The highest BCUT2D eigenvalue weighted by Gasteiger charge is 2.11. The SMILES string of the molecule is COc1ccc(NC(=O)c2ccc(C(=O)Nc3cccc(Cl)c3C)cc2)cc1. The Hall–Kier alpha value is -3.31. The summed E-state index contributed by atoms with van der Waals surface area (Å²) in [5.41, 5.74) is 3.00. The fourth-order valence-electron chi connectivity index (χ4n) is 2.59. The van der Waals surface area contributed by atoms with Gasteiger partial charge in [-0.2, -0.15) is 0 Å². The first-order chi connectivity index (χ1) is 13.5. The molecule has 0 saturated carbocycles. The van der Waals surface area contributed by atoms with Crippen LogP contribution >= 0.6 is 11.6 Å². The number of rotatable bonds is 5. The average molecular weight is 395 g/mol. The van der Waals surface area contributed by atoms with Gasteiger partial charge in [0.25, 0.3) is 11.8 Å². The third kappa shape index (κ3) is 4.50.